The predicted octanol–water partition coefficient (Wildman–Crippen LogP) is 4.28. The van der Waals surface area contributed by atoms with Crippen molar-refractivity contribution in [1.29, 1.82) is 0 Å². The highest BCUT2D eigenvalue weighted by molar-refractivity contribution is 5.94. The molecule has 4 N–H and O–H groups in total. The smallest absolute Gasteiger partial charge is 0.251 e. The van der Waals surface area contributed by atoms with E-state index in [1.165, 1.54) is 0 Å². The lowest BCUT2D eigenvalue weighted by atomic mass is 9.79. The van der Waals surface area contributed by atoms with Crippen LogP contribution in [0.5, 0.6) is 5.75 Å². The molecule has 0 bridgehead atoms. The van der Waals surface area contributed by atoms with Crippen molar-refractivity contribution in [2.24, 2.45) is 5.92 Å². The third-order valence-electron chi connectivity index (χ3n) is 6.88. The van der Waals surface area contributed by atoms with E-state index in [-0.39, 0.29) is 30.3 Å². The summed E-state index contributed by atoms with van der Waals surface area (Å²) >= 11 is 0. The number of aryl methyl sites for hydroxylation is 1. The van der Waals surface area contributed by atoms with Crippen molar-refractivity contribution in [2.45, 2.75) is 71.2 Å². The molecule has 1 aliphatic carbocycles. The van der Waals surface area contributed by atoms with Crippen LogP contribution < -0.4 is 20.9 Å². The highest BCUT2D eigenvalue weighted by Crippen LogP contribution is 2.28. The van der Waals surface area contributed by atoms with Gasteiger partial charge in [0.25, 0.3) is 5.91 Å². The van der Waals surface area contributed by atoms with Crippen molar-refractivity contribution in [3.8, 4) is 5.75 Å². The number of aromatic nitrogens is 1. The van der Waals surface area contributed by atoms with Gasteiger partial charge in [-0.1, -0.05) is 32.0 Å². The molecule has 196 valence electrons. The molecule has 4 rings (SSSR count). The fourth-order valence-electron chi connectivity index (χ4n) is 5.22. The Labute approximate surface area is 217 Å². The second-order valence-electron chi connectivity index (χ2n) is 10.2. The van der Waals surface area contributed by atoms with Gasteiger partial charge in [-0.25, -0.2) is 5.48 Å². The van der Waals surface area contributed by atoms with Crippen LogP contribution in [0.4, 0.5) is 0 Å². The molecule has 8 nitrogen and oxygen atoms in total. The first-order chi connectivity index (χ1) is 17.8. The third kappa shape index (κ3) is 7.05. The molecule has 1 aromatic heterocycles. The van der Waals surface area contributed by atoms with Crippen molar-refractivity contribution in [1.82, 2.24) is 21.1 Å². The molecule has 0 aliphatic heterocycles. The molecular formula is C29H36N4O4. The summed E-state index contributed by atoms with van der Waals surface area (Å²) < 4.78 is 6.02. The van der Waals surface area contributed by atoms with Crippen LogP contribution in [0.3, 0.4) is 0 Å². The highest BCUT2D eigenvalue weighted by Gasteiger charge is 2.33. The molecule has 1 heterocycles. The summed E-state index contributed by atoms with van der Waals surface area (Å²) in [7, 11) is 0. The number of para-hydroxylation sites is 1. The molecule has 2 aromatic carbocycles. The zero-order chi connectivity index (χ0) is 26.4. The topological polar surface area (TPSA) is 113 Å². The average Bonchev–Trinajstić information content (AvgIpc) is 2.88. The monoisotopic (exact) mass is 504 g/mol. The van der Waals surface area contributed by atoms with Gasteiger partial charge in [0.15, 0.2) is 0 Å². The quantitative estimate of drug-likeness (QED) is 0.256. The molecule has 2 amide bonds. The van der Waals surface area contributed by atoms with Gasteiger partial charge < -0.3 is 15.4 Å². The normalized spacial score (nSPS) is 19.5. The first kappa shape index (κ1) is 26.6. The maximum absolute atomic E-state index is 13.0. The molecule has 3 atom stereocenters. The SMILES string of the molecule is Cc1cc(COc2ccc(C(=O)NC3CCC(NC(C)C)CC3CC(=O)NO)cc2)c2ccccc2n1. The van der Waals surface area contributed by atoms with Gasteiger partial charge in [0, 0.05) is 46.8 Å². The molecule has 1 fully saturated rings. The van der Waals surface area contributed by atoms with Gasteiger partial charge in [0.2, 0.25) is 5.91 Å². The van der Waals surface area contributed by atoms with E-state index < -0.39 is 5.91 Å². The molecule has 8 heteroatoms. The number of hydrogen-bond acceptors (Lipinski definition) is 6. The van der Waals surface area contributed by atoms with Crippen molar-refractivity contribution in [3.05, 3.63) is 71.4 Å². The number of nitrogens with one attached hydrogen (secondary N) is 3. The van der Waals surface area contributed by atoms with E-state index in [1.807, 2.05) is 37.3 Å². The summed E-state index contributed by atoms with van der Waals surface area (Å²) in [5.74, 6) is -0.0136. The van der Waals surface area contributed by atoms with Crippen LogP contribution in [0, 0.1) is 12.8 Å². The molecule has 1 saturated carbocycles. The summed E-state index contributed by atoms with van der Waals surface area (Å²) in [6.45, 7) is 6.56. The lowest BCUT2D eigenvalue weighted by molar-refractivity contribution is -0.130. The maximum atomic E-state index is 13.0. The van der Waals surface area contributed by atoms with Crippen LogP contribution in [0.15, 0.2) is 54.6 Å². The Morgan fingerprint density at radius 2 is 1.86 bits per heavy atom. The van der Waals surface area contributed by atoms with Crippen molar-refractivity contribution in [2.75, 3.05) is 0 Å². The lowest BCUT2D eigenvalue weighted by Gasteiger charge is -2.37. The Bertz CT molecular complexity index is 1230. The van der Waals surface area contributed by atoms with Crippen LogP contribution in [-0.2, 0) is 11.4 Å². The molecule has 0 saturated heterocycles. The Morgan fingerprint density at radius 3 is 2.59 bits per heavy atom. The van der Waals surface area contributed by atoms with Crippen LogP contribution in [0.2, 0.25) is 0 Å². The van der Waals surface area contributed by atoms with Gasteiger partial charge in [0.05, 0.1) is 5.52 Å². The van der Waals surface area contributed by atoms with Crippen molar-refractivity contribution < 1.29 is 19.5 Å². The maximum Gasteiger partial charge on any atom is 0.251 e. The fourth-order valence-corrected chi connectivity index (χ4v) is 5.22. The second kappa shape index (κ2) is 12.2. The molecule has 3 aromatic rings. The van der Waals surface area contributed by atoms with Gasteiger partial charge in [-0.2, -0.15) is 0 Å². The van der Waals surface area contributed by atoms with E-state index >= 15 is 0 Å². The number of rotatable bonds is 9. The minimum absolute atomic E-state index is 0.0673. The van der Waals surface area contributed by atoms with Gasteiger partial charge in [0.1, 0.15) is 12.4 Å². The highest BCUT2D eigenvalue weighted by atomic mass is 16.5. The number of nitrogens with zero attached hydrogens (tertiary/aromatic N) is 1. The summed E-state index contributed by atoms with van der Waals surface area (Å²) in [5.41, 5.74) is 5.20. The number of pyridine rings is 1. The van der Waals surface area contributed by atoms with Gasteiger partial charge >= 0.3 is 0 Å². The summed E-state index contributed by atoms with van der Waals surface area (Å²) in [6, 6.07) is 17.6. The number of carbonyl (C=O) groups excluding carboxylic acids is 2. The number of ether oxygens (including phenoxy) is 1. The Morgan fingerprint density at radius 1 is 1.11 bits per heavy atom. The van der Waals surface area contributed by atoms with Crippen molar-refractivity contribution in [3.63, 3.8) is 0 Å². The Hall–Kier alpha value is -3.49. The van der Waals surface area contributed by atoms with E-state index in [4.69, 9.17) is 9.94 Å². The summed E-state index contributed by atoms with van der Waals surface area (Å²) in [5, 5.41) is 16.7. The number of carbonyl (C=O) groups is 2. The number of hydrogen-bond donors (Lipinski definition) is 4. The van der Waals surface area contributed by atoms with Crippen LogP contribution in [0.25, 0.3) is 10.9 Å². The van der Waals surface area contributed by atoms with E-state index in [0.717, 1.165) is 41.4 Å². The van der Waals surface area contributed by atoms with Crippen LogP contribution >= 0.6 is 0 Å². The van der Waals surface area contributed by atoms with Gasteiger partial charge in [-0.05, 0) is 68.5 Å². The summed E-state index contributed by atoms with van der Waals surface area (Å²) in [4.78, 5) is 29.5. The minimum atomic E-state index is -0.437. The zero-order valence-corrected chi connectivity index (χ0v) is 21.7. The first-order valence-electron chi connectivity index (χ1n) is 12.9. The Balaban J connectivity index is 1.38. The molecule has 37 heavy (non-hydrogen) atoms. The minimum Gasteiger partial charge on any atom is -0.489 e. The van der Waals surface area contributed by atoms with E-state index in [1.54, 1.807) is 29.7 Å². The first-order valence-corrected chi connectivity index (χ1v) is 12.9. The van der Waals surface area contributed by atoms with Crippen LogP contribution in [0.1, 0.15) is 61.1 Å². The number of benzene rings is 2. The molecular weight excluding hydrogens is 468 g/mol. The van der Waals surface area contributed by atoms with Gasteiger partial charge in [-0.15, -0.1) is 0 Å². The fraction of sp³-hybridized carbons (Fsp3) is 0.414. The van der Waals surface area contributed by atoms with Crippen molar-refractivity contribution >= 4 is 22.7 Å². The second-order valence-corrected chi connectivity index (χ2v) is 10.2. The standard InChI is InChI=1S/C29H36N4O4/c1-18(2)30-23-10-13-26(21(15-23)16-28(34)33-36)32-29(35)20-8-11-24(12-9-20)37-17-22-14-19(3)31-27-7-5-4-6-25(22)27/h4-9,11-12,14,18,21,23,26,30,36H,10,13,15-17H2,1-3H3,(H,32,35)(H,33,34). The largest absolute Gasteiger partial charge is 0.489 e. The lowest BCUT2D eigenvalue weighted by Crippen LogP contribution is -2.49. The van der Waals surface area contributed by atoms with Gasteiger partial charge in [-0.3, -0.25) is 19.8 Å². The van der Waals surface area contributed by atoms with E-state index in [9.17, 15) is 9.59 Å². The predicted molar refractivity (Wildman–Crippen MR) is 142 cm³/mol. The molecule has 0 radical (unpaired) electrons. The van der Waals surface area contributed by atoms with Crippen LogP contribution in [-0.4, -0.2) is 40.1 Å². The number of fused-ring (bicyclic) bond motifs is 1. The van der Waals surface area contributed by atoms with E-state index in [0.29, 0.717) is 24.0 Å². The third-order valence-corrected chi connectivity index (χ3v) is 6.88. The van der Waals surface area contributed by atoms with E-state index in [2.05, 4.69) is 29.5 Å². The zero-order valence-electron chi connectivity index (χ0n) is 21.7. The molecule has 1 aliphatic rings. The Kier molecular flexibility index (Phi) is 8.74. The molecule has 3 unspecified atom stereocenters. The summed E-state index contributed by atoms with van der Waals surface area (Å²) in [6.07, 6.45) is 2.59. The average molecular weight is 505 g/mol. The number of hydroxylamine groups is 1. The number of amides is 2. The molecule has 0 spiro atoms.